The molecule has 3 rings (SSSR count). The summed E-state index contributed by atoms with van der Waals surface area (Å²) in [5, 5.41) is 0. The van der Waals surface area contributed by atoms with Crippen molar-refractivity contribution >= 4 is 5.78 Å². The first-order valence-corrected chi connectivity index (χ1v) is 6.03. The van der Waals surface area contributed by atoms with Crippen LogP contribution in [0.25, 0.3) is 0 Å². The van der Waals surface area contributed by atoms with Gasteiger partial charge in [-0.05, 0) is 48.9 Å². The van der Waals surface area contributed by atoms with Gasteiger partial charge in [0.15, 0.2) is 5.78 Å². The van der Waals surface area contributed by atoms with E-state index in [4.69, 9.17) is 4.42 Å². The summed E-state index contributed by atoms with van der Waals surface area (Å²) in [6, 6.07) is 7.78. The zero-order chi connectivity index (χ0) is 11.7. The molecule has 2 nitrogen and oxygen atoms in total. The predicted octanol–water partition coefficient (Wildman–Crippen LogP) is 3.39. The van der Waals surface area contributed by atoms with E-state index in [2.05, 4.69) is 6.07 Å². The molecule has 0 saturated carbocycles. The number of rotatable bonds is 2. The Kier molecular flexibility index (Phi) is 2.56. The van der Waals surface area contributed by atoms with E-state index in [1.165, 1.54) is 36.5 Å². The first-order chi connectivity index (χ1) is 8.34. The number of benzene rings is 1. The monoisotopic (exact) mass is 226 g/mol. The first-order valence-electron chi connectivity index (χ1n) is 6.03. The molecular formula is C15H14O2. The van der Waals surface area contributed by atoms with Crippen LogP contribution in [0.5, 0.6) is 0 Å². The van der Waals surface area contributed by atoms with Crippen molar-refractivity contribution in [1.29, 1.82) is 0 Å². The van der Waals surface area contributed by atoms with E-state index in [-0.39, 0.29) is 5.78 Å². The Morgan fingerprint density at radius 2 is 1.82 bits per heavy atom. The molecule has 86 valence electrons. The fraction of sp³-hybridized carbons (Fsp3) is 0.267. The van der Waals surface area contributed by atoms with Crippen molar-refractivity contribution in [3.8, 4) is 0 Å². The van der Waals surface area contributed by atoms with Crippen LogP contribution in [0.1, 0.15) is 39.9 Å². The van der Waals surface area contributed by atoms with Crippen molar-refractivity contribution in [3.63, 3.8) is 0 Å². The molecule has 0 radical (unpaired) electrons. The van der Waals surface area contributed by atoms with Crippen LogP contribution >= 0.6 is 0 Å². The highest BCUT2D eigenvalue weighted by molar-refractivity contribution is 6.08. The van der Waals surface area contributed by atoms with Gasteiger partial charge in [0.1, 0.15) is 6.26 Å². The van der Waals surface area contributed by atoms with Gasteiger partial charge in [0.05, 0.1) is 11.8 Å². The molecule has 1 aliphatic rings. The summed E-state index contributed by atoms with van der Waals surface area (Å²) in [7, 11) is 0. The van der Waals surface area contributed by atoms with Gasteiger partial charge < -0.3 is 4.42 Å². The second kappa shape index (κ2) is 4.21. The summed E-state index contributed by atoms with van der Waals surface area (Å²) in [5.74, 6) is 0.0483. The highest BCUT2D eigenvalue weighted by atomic mass is 16.3. The van der Waals surface area contributed by atoms with Crippen LogP contribution in [0, 0.1) is 0 Å². The molecule has 0 N–H and O–H groups in total. The highest BCUT2D eigenvalue weighted by Crippen LogP contribution is 2.23. The van der Waals surface area contributed by atoms with Crippen molar-refractivity contribution in [2.75, 3.05) is 0 Å². The summed E-state index contributed by atoms with van der Waals surface area (Å²) in [5.41, 5.74) is 4.14. The second-order valence-electron chi connectivity index (χ2n) is 4.53. The number of hydrogen-bond donors (Lipinski definition) is 0. The average Bonchev–Trinajstić information content (AvgIpc) is 2.91. The molecular weight excluding hydrogens is 212 g/mol. The van der Waals surface area contributed by atoms with E-state index in [1.54, 1.807) is 6.07 Å². The lowest BCUT2D eigenvalue weighted by molar-refractivity contribution is 0.103. The minimum Gasteiger partial charge on any atom is -0.472 e. The van der Waals surface area contributed by atoms with Crippen LogP contribution in [0.3, 0.4) is 0 Å². The smallest absolute Gasteiger partial charge is 0.196 e. The summed E-state index contributed by atoms with van der Waals surface area (Å²) >= 11 is 0. The van der Waals surface area contributed by atoms with Crippen LogP contribution in [-0.2, 0) is 12.8 Å². The molecule has 0 amide bonds. The molecule has 0 atom stereocenters. The van der Waals surface area contributed by atoms with Gasteiger partial charge in [-0.1, -0.05) is 12.1 Å². The Labute approximate surface area is 100 Å². The van der Waals surface area contributed by atoms with E-state index >= 15 is 0 Å². The number of fused-ring (bicyclic) bond motifs is 1. The van der Waals surface area contributed by atoms with E-state index in [9.17, 15) is 4.79 Å². The van der Waals surface area contributed by atoms with E-state index in [0.29, 0.717) is 5.56 Å². The summed E-state index contributed by atoms with van der Waals surface area (Å²) < 4.78 is 4.95. The first kappa shape index (κ1) is 10.3. The number of carbonyl (C=O) groups excluding carboxylic acids is 1. The van der Waals surface area contributed by atoms with Crippen molar-refractivity contribution in [1.82, 2.24) is 0 Å². The van der Waals surface area contributed by atoms with Crippen LogP contribution < -0.4 is 0 Å². The van der Waals surface area contributed by atoms with Crippen molar-refractivity contribution in [2.24, 2.45) is 0 Å². The molecule has 0 bridgehead atoms. The maximum atomic E-state index is 12.1. The van der Waals surface area contributed by atoms with Gasteiger partial charge in [0.2, 0.25) is 0 Å². The Balaban J connectivity index is 1.96. The topological polar surface area (TPSA) is 30.2 Å². The van der Waals surface area contributed by atoms with Gasteiger partial charge in [0, 0.05) is 5.56 Å². The van der Waals surface area contributed by atoms with Crippen molar-refractivity contribution in [3.05, 3.63) is 59.0 Å². The number of hydrogen-bond acceptors (Lipinski definition) is 2. The van der Waals surface area contributed by atoms with E-state index < -0.39 is 0 Å². The zero-order valence-corrected chi connectivity index (χ0v) is 9.61. The molecule has 1 heterocycles. The quantitative estimate of drug-likeness (QED) is 0.735. The molecule has 2 heteroatoms. The lowest BCUT2D eigenvalue weighted by atomic mass is 9.89. The summed E-state index contributed by atoms with van der Waals surface area (Å²) in [6.45, 7) is 0. The molecule has 0 saturated heterocycles. The van der Waals surface area contributed by atoms with Gasteiger partial charge >= 0.3 is 0 Å². The predicted molar refractivity (Wildman–Crippen MR) is 65.2 cm³/mol. The van der Waals surface area contributed by atoms with Crippen LogP contribution in [0.4, 0.5) is 0 Å². The van der Waals surface area contributed by atoms with Crippen LogP contribution in [0.2, 0.25) is 0 Å². The highest BCUT2D eigenvalue weighted by Gasteiger charge is 2.14. The number of aryl methyl sites for hydroxylation is 2. The van der Waals surface area contributed by atoms with Crippen molar-refractivity contribution in [2.45, 2.75) is 25.7 Å². The maximum absolute atomic E-state index is 12.1. The molecule has 2 aromatic rings. The van der Waals surface area contributed by atoms with Crippen molar-refractivity contribution < 1.29 is 9.21 Å². The SMILES string of the molecule is O=C(c1ccoc1)c1ccc2c(c1)CCCC2. The molecule has 0 fully saturated rings. The molecule has 0 aliphatic heterocycles. The number of carbonyl (C=O) groups is 1. The van der Waals surface area contributed by atoms with Gasteiger partial charge in [0.25, 0.3) is 0 Å². The van der Waals surface area contributed by atoms with Gasteiger partial charge in [-0.15, -0.1) is 0 Å². The fourth-order valence-electron chi connectivity index (χ4n) is 2.44. The molecule has 1 aromatic heterocycles. The molecule has 0 spiro atoms. The van der Waals surface area contributed by atoms with Crippen LogP contribution in [-0.4, -0.2) is 5.78 Å². The minimum absolute atomic E-state index is 0.0483. The third-order valence-electron chi connectivity index (χ3n) is 3.39. The van der Waals surface area contributed by atoms with Gasteiger partial charge in [-0.25, -0.2) is 0 Å². The van der Waals surface area contributed by atoms with Gasteiger partial charge in [-0.3, -0.25) is 4.79 Å². The summed E-state index contributed by atoms with van der Waals surface area (Å²) in [6.07, 6.45) is 7.78. The largest absolute Gasteiger partial charge is 0.472 e. The van der Waals surface area contributed by atoms with E-state index in [1.807, 2.05) is 12.1 Å². The second-order valence-corrected chi connectivity index (χ2v) is 4.53. The maximum Gasteiger partial charge on any atom is 0.196 e. The van der Waals surface area contributed by atoms with Gasteiger partial charge in [-0.2, -0.15) is 0 Å². The minimum atomic E-state index is 0.0483. The molecule has 0 unspecified atom stereocenters. The number of furan rings is 1. The van der Waals surface area contributed by atoms with E-state index in [0.717, 1.165) is 18.4 Å². The average molecular weight is 226 g/mol. The Morgan fingerprint density at radius 3 is 2.59 bits per heavy atom. The fourth-order valence-corrected chi connectivity index (χ4v) is 2.44. The molecule has 17 heavy (non-hydrogen) atoms. The lowest BCUT2D eigenvalue weighted by Crippen LogP contribution is -2.06. The molecule has 1 aliphatic carbocycles. The third-order valence-corrected chi connectivity index (χ3v) is 3.39. The summed E-state index contributed by atoms with van der Waals surface area (Å²) in [4.78, 5) is 12.1. The Morgan fingerprint density at radius 1 is 1.00 bits per heavy atom. The Hall–Kier alpha value is -1.83. The third kappa shape index (κ3) is 1.91. The molecule has 1 aromatic carbocycles. The lowest BCUT2D eigenvalue weighted by Gasteiger charge is -2.16. The normalized spacial score (nSPS) is 14.4. The number of ketones is 1. The van der Waals surface area contributed by atoms with Crippen LogP contribution in [0.15, 0.2) is 41.2 Å². The standard InChI is InChI=1S/C15H14O2/c16-15(14-7-8-17-10-14)13-6-5-11-3-1-2-4-12(11)9-13/h5-10H,1-4H2. The Bertz CT molecular complexity index is 538. The zero-order valence-electron chi connectivity index (χ0n) is 9.61.